The molecule has 0 saturated heterocycles. The summed E-state index contributed by atoms with van der Waals surface area (Å²) in [5, 5.41) is 19.4. The lowest BCUT2D eigenvalue weighted by Crippen LogP contribution is -2.04. The van der Waals surface area contributed by atoms with Gasteiger partial charge in [0.05, 0.1) is 4.92 Å². The van der Waals surface area contributed by atoms with E-state index in [1.807, 2.05) is 0 Å². The van der Waals surface area contributed by atoms with E-state index in [1.54, 1.807) is 0 Å². The fraction of sp³-hybridized carbons (Fsp3) is 0.100. The average Bonchev–Trinajstić information content (AvgIpc) is 2.25. The topological polar surface area (TPSA) is 89.7 Å². The molecule has 0 atom stereocenters. The van der Waals surface area contributed by atoms with Crippen molar-refractivity contribution < 1.29 is 19.6 Å². The third kappa shape index (κ3) is 3.56. The van der Waals surface area contributed by atoms with Crippen molar-refractivity contribution in [1.29, 1.82) is 0 Å². The molecule has 0 fully saturated rings. The molecular weight excluding hydrogens is 294 g/mol. The Kier molecular flexibility index (Phi) is 4.22. The predicted octanol–water partition coefficient (Wildman–Crippen LogP) is 2.58. The molecule has 0 radical (unpaired) electrons. The molecule has 0 aliphatic carbocycles. The van der Waals surface area contributed by atoms with Gasteiger partial charge in [0.15, 0.2) is 0 Å². The van der Waals surface area contributed by atoms with Crippen LogP contribution in [0.2, 0.25) is 0 Å². The van der Waals surface area contributed by atoms with Crippen LogP contribution in [0, 0.1) is 10.1 Å². The maximum absolute atomic E-state index is 10.8. The van der Waals surface area contributed by atoms with Crippen molar-refractivity contribution in [2.45, 2.75) is 0 Å². The Labute approximate surface area is 105 Å². The van der Waals surface area contributed by atoms with Gasteiger partial charge in [-0.2, -0.15) is 0 Å². The summed E-state index contributed by atoms with van der Waals surface area (Å²) in [6.07, 6.45) is 0. The third-order valence-electron chi connectivity index (χ3n) is 1.79. The second-order valence-electron chi connectivity index (χ2n) is 3.05. The molecule has 6 nitrogen and oxygen atoms in total. The van der Waals surface area contributed by atoms with E-state index in [9.17, 15) is 14.9 Å². The minimum Gasteiger partial charge on any atom is -0.488 e. The molecule has 1 N–H and O–H groups in total. The Morgan fingerprint density at radius 3 is 2.71 bits per heavy atom. The summed E-state index contributed by atoms with van der Waals surface area (Å²) in [7, 11) is 0. The minimum atomic E-state index is -1.38. The van der Waals surface area contributed by atoms with Gasteiger partial charge in [0.25, 0.3) is 5.69 Å². The highest BCUT2D eigenvalue weighted by atomic mass is 79.9. The summed E-state index contributed by atoms with van der Waals surface area (Å²) in [6.45, 7) is 3.69. The van der Waals surface area contributed by atoms with E-state index in [-0.39, 0.29) is 12.4 Å². The molecule has 0 saturated carbocycles. The summed E-state index contributed by atoms with van der Waals surface area (Å²) >= 11 is 3.07. The van der Waals surface area contributed by atoms with Gasteiger partial charge >= 0.3 is 5.97 Å². The first-order valence-corrected chi connectivity index (χ1v) is 5.19. The van der Waals surface area contributed by atoms with Crippen LogP contribution in [0.5, 0.6) is 5.75 Å². The number of carboxylic acids is 1. The van der Waals surface area contributed by atoms with Crippen LogP contribution < -0.4 is 4.74 Å². The van der Waals surface area contributed by atoms with Gasteiger partial charge in [-0.1, -0.05) is 22.5 Å². The molecule has 0 unspecified atom stereocenters. The zero-order valence-electron chi connectivity index (χ0n) is 8.55. The predicted molar refractivity (Wildman–Crippen MR) is 63.6 cm³/mol. The molecule has 0 aromatic heterocycles. The van der Waals surface area contributed by atoms with Crippen LogP contribution in [-0.4, -0.2) is 22.6 Å². The van der Waals surface area contributed by atoms with Crippen LogP contribution in [-0.2, 0) is 0 Å². The van der Waals surface area contributed by atoms with Crippen LogP contribution in [0.15, 0.2) is 29.3 Å². The lowest BCUT2D eigenvalue weighted by atomic mass is 10.1. The summed E-state index contributed by atoms with van der Waals surface area (Å²) in [6, 6.07) is 3.53. The van der Waals surface area contributed by atoms with E-state index in [0.29, 0.717) is 4.48 Å². The molecule has 1 aromatic carbocycles. The minimum absolute atomic E-state index is 0.150. The van der Waals surface area contributed by atoms with Crippen LogP contribution in [0.1, 0.15) is 10.4 Å². The molecule has 0 bridgehead atoms. The highest BCUT2D eigenvalue weighted by molar-refractivity contribution is 9.11. The Morgan fingerprint density at radius 1 is 1.59 bits per heavy atom. The number of carboxylic acid groups (broad SMARTS) is 1. The number of ether oxygens (including phenoxy) is 1. The standard InChI is InChI=1S/C10H8BrNO5/c1-6(11)5-17-7-2-3-9(12(15)16)8(4-7)10(13)14/h2-4H,1,5H2,(H,13,14). The monoisotopic (exact) mass is 301 g/mol. The molecule has 7 heteroatoms. The number of benzene rings is 1. The second kappa shape index (κ2) is 5.44. The van der Waals surface area contributed by atoms with E-state index < -0.39 is 22.1 Å². The molecule has 0 aliphatic rings. The zero-order valence-corrected chi connectivity index (χ0v) is 10.1. The van der Waals surface area contributed by atoms with Gasteiger partial charge in [-0.25, -0.2) is 4.79 Å². The van der Waals surface area contributed by atoms with Crippen molar-refractivity contribution in [3.63, 3.8) is 0 Å². The van der Waals surface area contributed by atoms with Crippen molar-refractivity contribution >= 4 is 27.6 Å². The van der Waals surface area contributed by atoms with Crippen molar-refractivity contribution in [2.75, 3.05) is 6.61 Å². The number of nitrogens with zero attached hydrogens (tertiary/aromatic N) is 1. The van der Waals surface area contributed by atoms with Gasteiger partial charge in [0, 0.05) is 16.6 Å². The van der Waals surface area contributed by atoms with Crippen LogP contribution >= 0.6 is 15.9 Å². The molecular formula is C10H8BrNO5. The van der Waals surface area contributed by atoms with Crippen molar-refractivity contribution in [3.8, 4) is 5.75 Å². The van der Waals surface area contributed by atoms with E-state index >= 15 is 0 Å². The first-order chi connectivity index (χ1) is 7.91. The Balaban J connectivity index is 3.05. The molecule has 1 aromatic rings. The molecule has 1 rings (SSSR count). The quantitative estimate of drug-likeness (QED) is 0.667. The van der Waals surface area contributed by atoms with Crippen molar-refractivity contribution in [2.24, 2.45) is 0 Å². The largest absolute Gasteiger partial charge is 0.488 e. The molecule has 0 aliphatic heterocycles. The van der Waals surface area contributed by atoms with E-state index in [0.717, 1.165) is 12.1 Å². The summed E-state index contributed by atoms with van der Waals surface area (Å²) < 4.78 is 5.74. The van der Waals surface area contributed by atoms with Gasteiger partial charge < -0.3 is 9.84 Å². The first-order valence-electron chi connectivity index (χ1n) is 4.39. The summed E-state index contributed by atoms with van der Waals surface area (Å²) in [5.74, 6) is -1.14. The van der Waals surface area contributed by atoms with E-state index in [2.05, 4.69) is 22.5 Å². The molecule has 0 spiro atoms. The molecule has 90 valence electrons. The maximum atomic E-state index is 10.8. The smallest absolute Gasteiger partial charge is 0.342 e. The summed E-state index contributed by atoms with van der Waals surface area (Å²) in [4.78, 5) is 20.7. The number of nitro benzene ring substituents is 1. The van der Waals surface area contributed by atoms with Gasteiger partial charge in [-0.3, -0.25) is 10.1 Å². The number of carbonyl (C=O) groups is 1. The van der Waals surface area contributed by atoms with E-state index in [4.69, 9.17) is 9.84 Å². The van der Waals surface area contributed by atoms with Crippen LogP contribution in [0.25, 0.3) is 0 Å². The normalized spacial score (nSPS) is 9.71. The van der Waals surface area contributed by atoms with Crippen molar-refractivity contribution in [3.05, 3.63) is 44.9 Å². The lowest BCUT2D eigenvalue weighted by molar-refractivity contribution is -0.385. The van der Waals surface area contributed by atoms with Gasteiger partial charge in [0.2, 0.25) is 0 Å². The van der Waals surface area contributed by atoms with Crippen molar-refractivity contribution in [1.82, 2.24) is 0 Å². The fourth-order valence-electron chi connectivity index (χ4n) is 1.10. The average molecular weight is 302 g/mol. The number of hydrogen-bond donors (Lipinski definition) is 1. The highest BCUT2D eigenvalue weighted by Gasteiger charge is 2.20. The summed E-state index contributed by atoms with van der Waals surface area (Å²) in [5.41, 5.74) is -0.879. The Hall–Kier alpha value is -1.89. The SMILES string of the molecule is C=C(Br)COc1ccc([N+](=O)[O-])c(C(=O)O)c1. The fourth-order valence-corrected chi connectivity index (χ4v) is 1.21. The van der Waals surface area contributed by atoms with Gasteiger partial charge in [0.1, 0.15) is 17.9 Å². The molecule has 0 amide bonds. The van der Waals surface area contributed by atoms with E-state index in [1.165, 1.54) is 6.07 Å². The molecule has 17 heavy (non-hydrogen) atoms. The van der Waals surface area contributed by atoms with Crippen LogP contribution in [0.3, 0.4) is 0 Å². The number of halogens is 1. The maximum Gasteiger partial charge on any atom is 0.342 e. The highest BCUT2D eigenvalue weighted by Crippen LogP contribution is 2.24. The Morgan fingerprint density at radius 2 is 2.24 bits per heavy atom. The number of nitro groups is 1. The second-order valence-corrected chi connectivity index (χ2v) is 4.17. The number of hydrogen-bond acceptors (Lipinski definition) is 4. The Bertz CT molecular complexity index is 486. The number of aromatic carboxylic acids is 1. The zero-order chi connectivity index (χ0) is 13.0. The van der Waals surface area contributed by atoms with Crippen LogP contribution in [0.4, 0.5) is 5.69 Å². The number of rotatable bonds is 5. The van der Waals surface area contributed by atoms with Gasteiger partial charge in [-0.15, -0.1) is 0 Å². The molecule has 0 heterocycles. The van der Waals surface area contributed by atoms with Gasteiger partial charge in [-0.05, 0) is 6.07 Å². The third-order valence-corrected chi connectivity index (χ3v) is 2.02. The first kappa shape index (κ1) is 13.2. The lowest BCUT2D eigenvalue weighted by Gasteiger charge is -2.05.